The number of esters is 3. The number of carboxylic acids is 1. The van der Waals surface area contributed by atoms with Crippen LogP contribution in [0, 0.1) is 35.0 Å². The van der Waals surface area contributed by atoms with E-state index in [0.717, 1.165) is 123 Å². The SMILES string of the molecule is C=C(O)[C@@H](N)CNC(=O)OCC1c2ccccc2-c2ccccc21.CC(C)(C)OC(=O)CCCCCCCCCCCCCCCCC(=O)C[C@@H](CNC(=O)OCC1c2ccccc2-c2ccccc21)C(=O)O.CC(C)(C)OC(=O)CCCCCCCCCCCCCCCCC(=O)Oc1c(F)c(F)c(F)c(F)c1F.CCN(C(C)C)C(C)C. The molecule has 5 aromatic rings. The van der Waals surface area contributed by atoms with Gasteiger partial charge in [-0.2, -0.15) is 8.78 Å². The van der Waals surface area contributed by atoms with Crippen LogP contribution in [0.4, 0.5) is 31.5 Å². The number of alkyl carbamates (subject to hydrolysis) is 2. The van der Waals surface area contributed by atoms with Crippen molar-refractivity contribution in [3.8, 4) is 28.0 Å². The van der Waals surface area contributed by atoms with Crippen LogP contribution in [0.5, 0.6) is 5.75 Å². The van der Waals surface area contributed by atoms with Gasteiger partial charge in [0.25, 0.3) is 0 Å². The summed E-state index contributed by atoms with van der Waals surface area (Å²) in [6.07, 6.45) is 30.0. The van der Waals surface area contributed by atoms with Crippen LogP contribution in [0.1, 0.15) is 322 Å². The number of nitrogens with two attached hydrogens (primary N) is 1. The second kappa shape index (κ2) is 56.0. The van der Waals surface area contributed by atoms with Gasteiger partial charge in [0.2, 0.25) is 34.8 Å². The maximum Gasteiger partial charge on any atom is 0.407 e. The molecule has 0 radical (unpaired) electrons. The molecule has 5 aromatic carbocycles. The summed E-state index contributed by atoms with van der Waals surface area (Å²) in [6, 6.07) is 33.1. The zero-order valence-electron chi connectivity index (χ0n) is 73.0. The van der Waals surface area contributed by atoms with E-state index in [0.29, 0.717) is 44.2 Å². The second-order valence-corrected chi connectivity index (χ2v) is 33.8. The molecule has 18 nitrogen and oxygen atoms in total. The number of hydrogen-bond donors (Lipinski definition) is 5. The van der Waals surface area contributed by atoms with Crippen LogP contribution in [-0.2, 0) is 42.9 Å². The molecule has 0 aromatic heterocycles. The molecule has 0 saturated carbocycles. The number of carbonyl (C=O) groups excluding carboxylic acids is 6. The maximum atomic E-state index is 13.5. The lowest BCUT2D eigenvalue weighted by Crippen LogP contribution is -2.38. The van der Waals surface area contributed by atoms with Crippen molar-refractivity contribution in [1.82, 2.24) is 15.5 Å². The second-order valence-electron chi connectivity index (χ2n) is 33.8. The molecule has 0 heterocycles. The third kappa shape index (κ3) is 40.0. The van der Waals surface area contributed by atoms with Gasteiger partial charge in [0.15, 0.2) is 0 Å². The van der Waals surface area contributed by atoms with Crippen LogP contribution in [0.3, 0.4) is 0 Å². The van der Waals surface area contributed by atoms with Crippen molar-refractivity contribution in [2.45, 2.75) is 329 Å². The number of aliphatic carboxylic acids is 1. The first-order chi connectivity index (χ1) is 56.7. The number of ketones is 1. The first-order valence-electron chi connectivity index (χ1n) is 43.6. The average Bonchev–Trinajstić information content (AvgIpc) is 1.46. The summed E-state index contributed by atoms with van der Waals surface area (Å²) in [5.41, 5.74) is 13.9. The van der Waals surface area contributed by atoms with Gasteiger partial charge < -0.3 is 50.3 Å². The van der Waals surface area contributed by atoms with Gasteiger partial charge >= 0.3 is 36.1 Å². The Labute approximate surface area is 705 Å². The number of benzene rings is 5. The summed E-state index contributed by atoms with van der Waals surface area (Å²) in [7, 11) is 0. The van der Waals surface area contributed by atoms with Gasteiger partial charge in [0, 0.05) is 69.1 Å². The Morgan fingerprint density at radius 3 is 0.983 bits per heavy atom. The van der Waals surface area contributed by atoms with Gasteiger partial charge in [-0.25, -0.2) is 22.8 Å². The maximum absolute atomic E-state index is 13.5. The number of nitrogens with one attached hydrogen (secondary N) is 2. The van der Waals surface area contributed by atoms with E-state index < -0.39 is 82.1 Å². The molecule has 0 spiro atoms. The molecule has 2 atom stereocenters. The van der Waals surface area contributed by atoms with Gasteiger partial charge in [0.1, 0.15) is 36.0 Å². The lowest BCUT2D eigenvalue weighted by molar-refractivity contribution is -0.156. The number of aliphatic hydroxyl groups is 1. The van der Waals surface area contributed by atoms with E-state index >= 15 is 0 Å². The van der Waals surface area contributed by atoms with Crippen molar-refractivity contribution in [2.75, 3.05) is 32.8 Å². The van der Waals surface area contributed by atoms with Crippen LogP contribution in [-0.4, -0.2) is 119 Å². The Morgan fingerprint density at radius 1 is 0.429 bits per heavy atom. The third-order valence-corrected chi connectivity index (χ3v) is 20.9. The Bertz CT molecular complexity index is 3770. The van der Waals surface area contributed by atoms with E-state index in [1.165, 1.54) is 94.6 Å². The van der Waals surface area contributed by atoms with Crippen LogP contribution in [0.25, 0.3) is 22.3 Å². The quantitative estimate of drug-likeness (QED) is 0.00354. The Morgan fingerprint density at radius 2 is 0.706 bits per heavy atom. The van der Waals surface area contributed by atoms with Crippen LogP contribution >= 0.6 is 0 Å². The molecular formula is C96H139F5N4O14. The summed E-state index contributed by atoms with van der Waals surface area (Å²) in [4.78, 5) is 86.2. The van der Waals surface area contributed by atoms with Crippen LogP contribution < -0.4 is 21.1 Å². The first-order valence-corrected chi connectivity index (χ1v) is 43.6. The predicted octanol–water partition coefficient (Wildman–Crippen LogP) is 23.7. The summed E-state index contributed by atoms with van der Waals surface area (Å²) in [5.74, 6) is -16.1. The minimum atomic E-state index is -2.29. The van der Waals surface area contributed by atoms with Crippen molar-refractivity contribution < 1.29 is 89.4 Å². The number of aliphatic hydroxyl groups excluding tert-OH is 1. The molecular weight excluding hydrogens is 1530 g/mol. The average molecular weight is 1670 g/mol. The molecule has 2 aliphatic rings. The fourth-order valence-corrected chi connectivity index (χ4v) is 14.8. The number of Topliss-reactive ketones (excluding diaryl/α,β-unsaturated/α-hetero) is 1. The number of carboxylic acid groups (broad SMARTS) is 1. The van der Waals surface area contributed by atoms with Crippen molar-refractivity contribution in [3.05, 3.63) is 161 Å². The molecule has 0 bridgehead atoms. The van der Waals surface area contributed by atoms with Gasteiger partial charge in [-0.3, -0.25) is 28.9 Å². The minimum Gasteiger partial charge on any atom is -0.511 e. The number of unbranched alkanes of at least 4 members (excludes halogenated alkanes) is 26. The molecule has 2 amide bonds. The van der Waals surface area contributed by atoms with E-state index in [-0.39, 0.29) is 74.5 Å². The van der Waals surface area contributed by atoms with E-state index in [1.54, 1.807) is 0 Å². The number of carbonyl (C=O) groups is 7. The monoisotopic (exact) mass is 1670 g/mol. The first kappa shape index (κ1) is 103. The van der Waals surface area contributed by atoms with Crippen molar-refractivity contribution in [1.29, 1.82) is 0 Å². The Kier molecular flexibility index (Phi) is 48.3. The summed E-state index contributed by atoms with van der Waals surface area (Å²) >= 11 is 0. The molecule has 6 N–H and O–H groups in total. The Balaban J connectivity index is 0.000000372. The topological polar surface area (TPSA) is 259 Å². The summed E-state index contributed by atoms with van der Waals surface area (Å²) in [6.45, 7) is 27.3. The number of halogens is 5. The van der Waals surface area contributed by atoms with Crippen molar-refractivity contribution in [3.63, 3.8) is 0 Å². The van der Waals surface area contributed by atoms with Gasteiger partial charge in [0.05, 0.1) is 12.0 Å². The third-order valence-electron chi connectivity index (χ3n) is 20.9. The molecule has 2 aliphatic carbocycles. The predicted molar refractivity (Wildman–Crippen MR) is 461 cm³/mol. The van der Waals surface area contributed by atoms with E-state index in [2.05, 4.69) is 97.9 Å². The van der Waals surface area contributed by atoms with E-state index in [4.69, 9.17) is 29.8 Å². The highest BCUT2D eigenvalue weighted by atomic mass is 19.2. The lowest BCUT2D eigenvalue weighted by Gasteiger charge is -2.28. The molecule has 0 aliphatic heterocycles. The number of ether oxygens (including phenoxy) is 5. The normalized spacial score (nSPS) is 12.6. The number of amides is 2. The number of fused-ring (bicyclic) bond motifs is 6. The molecule has 0 saturated heterocycles. The van der Waals surface area contributed by atoms with E-state index in [9.17, 15) is 60.6 Å². The largest absolute Gasteiger partial charge is 0.511 e. The highest BCUT2D eigenvalue weighted by molar-refractivity contribution is 5.84. The van der Waals surface area contributed by atoms with Gasteiger partial charge in [-0.15, -0.1) is 0 Å². The molecule has 662 valence electrons. The number of hydrogen-bond acceptors (Lipinski definition) is 15. The van der Waals surface area contributed by atoms with Gasteiger partial charge in [-0.05, 0) is 146 Å². The molecule has 23 heteroatoms. The lowest BCUT2D eigenvalue weighted by atomic mass is 9.98. The minimum absolute atomic E-state index is 0.0182. The van der Waals surface area contributed by atoms with Crippen LogP contribution in [0.15, 0.2) is 109 Å². The summed E-state index contributed by atoms with van der Waals surface area (Å²) in [5, 5.41) is 23.9. The zero-order chi connectivity index (χ0) is 87.9. The van der Waals surface area contributed by atoms with E-state index in [1.807, 2.05) is 102 Å². The number of nitrogens with zero attached hydrogens (tertiary/aromatic N) is 1. The molecule has 0 fully saturated rings. The highest BCUT2D eigenvalue weighted by Crippen LogP contribution is 2.46. The van der Waals surface area contributed by atoms with Crippen molar-refractivity contribution in [2.24, 2.45) is 11.7 Å². The highest BCUT2D eigenvalue weighted by Gasteiger charge is 2.33. The molecule has 7 rings (SSSR count). The fraction of sp³-hybridized carbons (Fsp3) is 0.594. The Hall–Kier alpha value is -8.70. The van der Waals surface area contributed by atoms with Gasteiger partial charge in [-0.1, -0.05) is 265 Å². The van der Waals surface area contributed by atoms with Crippen LogP contribution in [0.2, 0.25) is 0 Å². The molecule has 0 unspecified atom stereocenters. The smallest absolute Gasteiger partial charge is 0.407 e. The zero-order valence-corrected chi connectivity index (χ0v) is 73.0. The molecule has 119 heavy (non-hydrogen) atoms. The summed E-state index contributed by atoms with van der Waals surface area (Å²) < 4.78 is 92.3. The number of rotatable bonds is 50. The van der Waals surface area contributed by atoms with Crippen molar-refractivity contribution >= 4 is 41.8 Å². The standard InChI is InChI=1S/C41H59NO7.C28H41F5O4.C19H20N2O3.C8H19N/c1-41(2,3)49-38(44)27-17-15-13-11-9-7-5-4-6-8-10-12-14-16-22-32(43)28-31(39(45)46)29-42-40(47)48-30-37-35-25-20-18-23-33(35)34-24-19-21-26-36(34)37;1-28(2,3)37-21(35)19-17-15-13-11-9-7-5-4-6-8-10-12-14-16-18-20(34)36-27-25(32)23(30)22(29)24(31)26(27)33;1-12(22)18(20)10-21-19(23)24-11-17-15-8-4-2-6-13(15)14-7-3-5-9-16(14)17;1-6-9(7(2)3)8(4)5/h18-21,23-26,31,37H,4-17,22,27-30H2,1-3H3,(H,42,47)(H,45,46);4-19H2,1-3H3;2-9,17-18,22H,1,10-11,20H2,(H,21,23);7-8H,6H2,1-5H3/t31-;;18-;/m0.0./s1. The fourth-order valence-electron chi connectivity index (χ4n) is 14.8.